The van der Waals surface area contributed by atoms with Crippen LogP contribution in [0.3, 0.4) is 0 Å². The van der Waals surface area contributed by atoms with Crippen molar-refractivity contribution in [1.82, 2.24) is 0 Å². The molecule has 3 heteroatoms. The Balaban J connectivity index is 1.65. The van der Waals surface area contributed by atoms with Gasteiger partial charge in [0.2, 0.25) is 0 Å². The summed E-state index contributed by atoms with van der Waals surface area (Å²) in [5.74, 6) is 0.477. The third-order valence-electron chi connectivity index (χ3n) is 6.01. The maximum atomic E-state index is 11.8. The number of aryl methyl sites for hydroxylation is 1. The SMILES string of the molecule is C[C@H]1C(C)(C)[C@]1(CCc1coc(Cc2ccccc2)c1)C(=O)O. The molecule has 1 saturated carbocycles. The summed E-state index contributed by atoms with van der Waals surface area (Å²) < 4.78 is 5.65. The molecule has 2 atom stereocenters. The number of benzene rings is 1. The summed E-state index contributed by atoms with van der Waals surface area (Å²) in [4.78, 5) is 11.8. The Morgan fingerprint density at radius 3 is 2.43 bits per heavy atom. The third-order valence-corrected chi connectivity index (χ3v) is 6.01. The zero-order valence-electron chi connectivity index (χ0n) is 14.0. The van der Waals surface area contributed by atoms with E-state index in [1.165, 1.54) is 5.56 Å². The van der Waals surface area contributed by atoms with Crippen molar-refractivity contribution in [3.63, 3.8) is 0 Å². The highest BCUT2D eigenvalue weighted by atomic mass is 16.4. The van der Waals surface area contributed by atoms with Gasteiger partial charge in [-0.3, -0.25) is 4.79 Å². The Labute approximate surface area is 137 Å². The van der Waals surface area contributed by atoms with Gasteiger partial charge in [-0.15, -0.1) is 0 Å². The van der Waals surface area contributed by atoms with Crippen LogP contribution in [0.2, 0.25) is 0 Å². The van der Waals surface area contributed by atoms with Gasteiger partial charge in [-0.1, -0.05) is 51.1 Å². The van der Waals surface area contributed by atoms with E-state index in [2.05, 4.69) is 32.0 Å². The van der Waals surface area contributed by atoms with Gasteiger partial charge in [0.25, 0.3) is 0 Å². The number of carboxylic acid groups (broad SMARTS) is 1. The zero-order chi connectivity index (χ0) is 16.7. The van der Waals surface area contributed by atoms with Crippen molar-refractivity contribution < 1.29 is 14.3 Å². The minimum Gasteiger partial charge on any atom is -0.481 e. The molecule has 0 unspecified atom stereocenters. The van der Waals surface area contributed by atoms with Gasteiger partial charge in [0.1, 0.15) is 5.76 Å². The average Bonchev–Trinajstić information content (AvgIpc) is 2.82. The van der Waals surface area contributed by atoms with Crippen LogP contribution in [-0.4, -0.2) is 11.1 Å². The van der Waals surface area contributed by atoms with Gasteiger partial charge < -0.3 is 9.52 Å². The van der Waals surface area contributed by atoms with Crippen molar-refractivity contribution in [2.24, 2.45) is 16.7 Å². The number of carbonyl (C=O) groups is 1. The average molecular weight is 312 g/mol. The molecule has 122 valence electrons. The molecule has 1 aliphatic carbocycles. The highest BCUT2D eigenvalue weighted by Gasteiger charge is 2.72. The second-order valence-corrected chi connectivity index (χ2v) is 7.30. The number of hydrogen-bond donors (Lipinski definition) is 1. The first kappa shape index (κ1) is 15.9. The van der Waals surface area contributed by atoms with Gasteiger partial charge in [0.05, 0.1) is 11.7 Å². The number of furan rings is 1. The van der Waals surface area contributed by atoms with Crippen molar-refractivity contribution >= 4 is 5.97 Å². The number of rotatable bonds is 6. The summed E-state index contributed by atoms with van der Waals surface area (Å²) in [6, 6.07) is 12.3. The lowest BCUT2D eigenvalue weighted by Crippen LogP contribution is -2.22. The molecule has 0 amide bonds. The normalized spacial score (nSPS) is 25.3. The monoisotopic (exact) mass is 312 g/mol. The van der Waals surface area contributed by atoms with E-state index in [9.17, 15) is 9.90 Å². The second-order valence-electron chi connectivity index (χ2n) is 7.30. The first-order chi connectivity index (χ1) is 10.9. The topological polar surface area (TPSA) is 50.4 Å². The van der Waals surface area contributed by atoms with E-state index in [4.69, 9.17) is 4.42 Å². The van der Waals surface area contributed by atoms with Crippen LogP contribution in [-0.2, 0) is 17.6 Å². The number of hydrogen-bond acceptors (Lipinski definition) is 2. The molecule has 0 bridgehead atoms. The third kappa shape index (κ3) is 2.58. The highest BCUT2D eigenvalue weighted by Crippen LogP contribution is 2.70. The quantitative estimate of drug-likeness (QED) is 0.851. The van der Waals surface area contributed by atoms with E-state index in [-0.39, 0.29) is 11.3 Å². The second kappa shape index (κ2) is 5.55. The minimum absolute atomic E-state index is 0.130. The standard InChI is InChI=1S/C20H24O3/c1-14-19(2,3)20(14,18(21)22)10-9-16-12-17(23-13-16)11-15-7-5-4-6-8-15/h4-8,12-14H,9-11H2,1-3H3,(H,21,22)/t14-,20-/m0/s1. The van der Waals surface area contributed by atoms with Crippen molar-refractivity contribution in [3.8, 4) is 0 Å². The van der Waals surface area contributed by atoms with Crippen LogP contribution in [0.15, 0.2) is 47.1 Å². The first-order valence-corrected chi connectivity index (χ1v) is 8.21. The predicted molar refractivity (Wildman–Crippen MR) is 89.3 cm³/mol. The molecule has 0 saturated heterocycles. The molecule has 1 aliphatic rings. The smallest absolute Gasteiger partial charge is 0.310 e. The van der Waals surface area contributed by atoms with Crippen molar-refractivity contribution in [3.05, 3.63) is 59.5 Å². The minimum atomic E-state index is -0.664. The molecule has 1 aromatic heterocycles. The number of aliphatic carboxylic acids is 1. The molecule has 1 aromatic carbocycles. The maximum absolute atomic E-state index is 11.8. The largest absolute Gasteiger partial charge is 0.481 e. The molecule has 1 heterocycles. The van der Waals surface area contributed by atoms with Gasteiger partial charge in [0, 0.05) is 6.42 Å². The van der Waals surface area contributed by atoms with Gasteiger partial charge in [0.15, 0.2) is 0 Å². The van der Waals surface area contributed by atoms with E-state index < -0.39 is 11.4 Å². The fourth-order valence-corrected chi connectivity index (χ4v) is 4.02. The van der Waals surface area contributed by atoms with E-state index >= 15 is 0 Å². The van der Waals surface area contributed by atoms with Crippen molar-refractivity contribution in [2.45, 2.75) is 40.0 Å². The first-order valence-electron chi connectivity index (χ1n) is 8.21. The number of carboxylic acids is 1. The molecular weight excluding hydrogens is 288 g/mol. The van der Waals surface area contributed by atoms with Crippen molar-refractivity contribution in [1.29, 1.82) is 0 Å². The molecular formula is C20H24O3. The molecule has 0 radical (unpaired) electrons. The van der Waals surface area contributed by atoms with Crippen LogP contribution in [0, 0.1) is 16.7 Å². The molecule has 1 fully saturated rings. The molecule has 3 nitrogen and oxygen atoms in total. The van der Waals surface area contributed by atoms with Crippen LogP contribution in [0.25, 0.3) is 0 Å². The summed E-state index contributed by atoms with van der Waals surface area (Å²) in [6.07, 6.45) is 3.96. The predicted octanol–water partition coefficient (Wildman–Crippen LogP) is 4.55. The Morgan fingerprint density at radius 1 is 1.22 bits per heavy atom. The fourth-order valence-electron chi connectivity index (χ4n) is 4.02. The Kier molecular flexibility index (Phi) is 3.83. The zero-order valence-corrected chi connectivity index (χ0v) is 14.0. The molecule has 0 aliphatic heterocycles. The molecule has 0 spiro atoms. The van der Waals surface area contributed by atoms with Crippen LogP contribution in [0.5, 0.6) is 0 Å². The molecule has 3 rings (SSSR count). The Morgan fingerprint density at radius 2 is 1.87 bits per heavy atom. The van der Waals surface area contributed by atoms with Crippen LogP contribution < -0.4 is 0 Å². The van der Waals surface area contributed by atoms with E-state index in [1.54, 1.807) is 6.26 Å². The lowest BCUT2D eigenvalue weighted by molar-refractivity contribution is -0.145. The van der Waals surface area contributed by atoms with Crippen molar-refractivity contribution in [2.75, 3.05) is 0 Å². The molecule has 1 N–H and O–H groups in total. The lowest BCUT2D eigenvalue weighted by Gasteiger charge is -2.14. The maximum Gasteiger partial charge on any atom is 0.310 e. The van der Waals surface area contributed by atoms with E-state index in [1.807, 2.05) is 25.1 Å². The Bertz CT molecular complexity index is 699. The summed E-state index contributed by atoms with van der Waals surface area (Å²) in [7, 11) is 0. The van der Waals surface area contributed by atoms with Gasteiger partial charge in [-0.05, 0) is 41.4 Å². The van der Waals surface area contributed by atoms with Crippen LogP contribution >= 0.6 is 0 Å². The summed E-state index contributed by atoms with van der Waals surface area (Å²) in [5, 5.41) is 9.66. The van der Waals surface area contributed by atoms with Crippen LogP contribution in [0.4, 0.5) is 0 Å². The Hall–Kier alpha value is -2.03. The molecule has 2 aromatic rings. The van der Waals surface area contributed by atoms with E-state index in [0.29, 0.717) is 6.42 Å². The summed E-state index contributed by atoms with van der Waals surface area (Å²) in [5.41, 5.74) is 1.58. The van der Waals surface area contributed by atoms with E-state index in [0.717, 1.165) is 24.2 Å². The summed E-state index contributed by atoms with van der Waals surface area (Å²) >= 11 is 0. The summed E-state index contributed by atoms with van der Waals surface area (Å²) in [6.45, 7) is 6.16. The molecule has 23 heavy (non-hydrogen) atoms. The van der Waals surface area contributed by atoms with Gasteiger partial charge >= 0.3 is 5.97 Å². The fraction of sp³-hybridized carbons (Fsp3) is 0.450. The van der Waals surface area contributed by atoms with Gasteiger partial charge in [-0.2, -0.15) is 0 Å². The van der Waals surface area contributed by atoms with Crippen LogP contribution in [0.1, 0.15) is 44.1 Å². The highest BCUT2D eigenvalue weighted by molar-refractivity contribution is 5.80. The van der Waals surface area contributed by atoms with Gasteiger partial charge in [-0.25, -0.2) is 0 Å². The lowest BCUT2D eigenvalue weighted by atomic mass is 9.89.